The van der Waals surface area contributed by atoms with E-state index in [1.54, 1.807) is 24.3 Å². The van der Waals surface area contributed by atoms with Gasteiger partial charge < -0.3 is 5.73 Å². The highest BCUT2D eigenvalue weighted by Gasteiger charge is 2.12. The lowest BCUT2D eigenvalue weighted by molar-refractivity contribution is 0.581. The van der Waals surface area contributed by atoms with Gasteiger partial charge in [0.15, 0.2) is 0 Å². The zero-order chi connectivity index (χ0) is 14.6. The van der Waals surface area contributed by atoms with E-state index in [0.717, 1.165) is 5.56 Å². The van der Waals surface area contributed by atoms with Gasteiger partial charge in [0.25, 0.3) is 0 Å². The van der Waals surface area contributed by atoms with Gasteiger partial charge >= 0.3 is 0 Å². The highest BCUT2D eigenvalue weighted by Crippen LogP contribution is 2.14. The van der Waals surface area contributed by atoms with Gasteiger partial charge in [0, 0.05) is 17.3 Å². The Morgan fingerprint density at radius 1 is 1.00 bits per heavy atom. The van der Waals surface area contributed by atoms with Crippen molar-refractivity contribution in [2.24, 2.45) is 0 Å². The number of anilines is 1. The van der Waals surface area contributed by atoms with Crippen molar-refractivity contribution < 1.29 is 8.42 Å². The highest BCUT2D eigenvalue weighted by molar-refractivity contribution is 7.89. The number of hydrogen-bond acceptors (Lipinski definition) is 3. The number of sulfonamides is 1. The van der Waals surface area contributed by atoms with E-state index in [1.807, 2.05) is 12.1 Å². The molecule has 0 bridgehead atoms. The predicted octanol–water partition coefficient (Wildman–Crippen LogP) is 2.44. The smallest absolute Gasteiger partial charge is 0.240 e. The number of nitrogens with one attached hydrogen (secondary N) is 1. The summed E-state index contributed by atoms with van der Waals surface area (Å²) < 4.78 is 26.6. The van der Waals surface area contributed by atoms with E-state index in [-0.39, 0.29) is 4.90 Å². The van der Waals surface area contributed by atoms with Gasteiger partial charge in [-0.25, -0.2) is 13.1 Å². The summed E-state index contributed by atoms with van der Waals surface area (Å²) in [5, 5.41) is 0.505. The highest BCUT2D eigenvalue weighted by atomic mass is 35.5. The topological polar surface area (TPSA) is 72.2 Å². The third kappa shape index (κ3) is 3.96. The molecule has 20 heavy (non-hydrogen) atoms. The molecule has 0 aliphatic rings. The van der Waals surface area contributed by atoms with E-state index < -0.39 is 10.0 Å². The monoisotopic (exact) mass is 310 g/mol. The number of nitrogens with two attached hydrogens (primary N) is 1. The summed E-state index contributed by atoms with van der Waals surface area (Å²) in [7, 11) is -3.49. The molecule has 2 aromatic rings. The van der Waals surface area contributed by atoms with E-state index in [2.05, 4.69) is 4.72 Å². The lowest BCUT2D eigenvalue weighted by Gasteiger charge is -2.07. The molecule has 0 spiro atoms. The van der Waals surface area contributed by atoms with Crippen LogP contribution in [0, 0.1) is 0 Å². The SMILES string of the molecule is Nc1ccc(CCNS(=O)(=O)c2ccc(Cl)cc2)cc1. The van der Waals surface area contributed by atoms with E-state index in [1.165, 1.54) is 12.1 Å². The summed E-state index contributed by atoms with van der Waals surface area (Å²) in [5.41, 5.74) is 7.31. The quantitative estimate of drug-likeness (QED) is 0.833. The molecule has 2 aromatic carbocycles. The van der Waals surface area contributed by atoms with Crippen molar-refractivity contribution in [2.75, 3.05) is 12.3 Å². The molecular formula is C14H15ClN2O2S. The number of rotatable bonds is 5. The Bertz CT molecular complexity index is 667. The Balaban J connectivity index is 1.96. The molecule has 2 rings (SSSR count). The van der Waals surface area contributed by atoms with Crippen LogP contribution in [0.5, 0.6) is 0 Å². The van der Waals surface area contributed by atoms with Crippen molar-refractivity contribution in [2.45, 2.75) is 11.3 Å². The van der Waals surface area contributed by atoms with Crippen molar-refractivity contribution in [1.29, 1.82) is 0 Å². The molecule has 0 aliphatic carbocycles. The van der Waals surface area contributed by atoms with Crippen molar-refractivity contribution in [1.82, 2.24) is 4.72 Å². The molecule has 0 radical (unpaired) electrons. The molecule has 0 fully saturated rings. The van der Waals surface area contributed by atoms with Crippen LogP contribution in [0.3, 0.4) is 0 Å². The van der Waals surface area contributed by atoms with Crippen LogP contribution in [-0.4, -0.2) is 15.0 Å². The average Bonchev–Trinajstić information content (AvgIpc) is 2.41. The van der Waals surface area contributed by atoms with Gasteiger partial charge in [0.2, 0.25) is 10.0 Å². The summed E-state index contributed by atoms with van der Waals surface area (Å²) >= 11 is 5.73. The van der Waals surface area contributed by atoms with Gasteiger partial charge in [-0.3, -0.25) is 0 Å². The molecule has 106 valence electrons. The first-order valence-electron chi connectivity index (χ1n) is 6.07. The van der Waals surface area contributed by atoms with Crippen molar-refractivity contribution in [3.05, 3.63) is 59.1 Å². The van der Waals surface area contributed by atoms with Gasteiger partial charge in [0.1, 0.15) is 0 Å². The van der Waals surface area contributed by atoms with E-state index in [4.69, 9.17) is 17.3 Å². The second kappa shape index (κ2) is 6.26. The van der Waals surface area contributed by atoms with Crippen LogP contribution in [0.4, 0.5) is 5.69 Å². The second-order valence-corrected chi connectivity index (χ2v) is 6.55. The van der Waals surface area contributed by atoms with Crippen LogP contribution in [-0.2, 0) is 16.4 Å². The third-order valence-corrected chi connectivity index (χ3v) is 4.54. The Morgan fingerprint density at radius 2 is 1.60 bits per heavy atom. The lowest BCUT2D eigenvalue weighted by atomic mass is 10.1. The molecular weight excluding hydrogens is 296 g/mol. The minimum absolute atomic E-state index is 0.208. The zero-order valence-electron chi connectivity index (χ0n) is 10.7. The number of benzene rings is 2. The summed E-state index contributed by atoms with van der Waals surface area (Å²) in [6.07, 6.45) is 0.604. The number of hydrogen-bond donors (Lipinski definition) is 2. The maximum absolute atomic E-state index is 12.0. The first-order valence-corrected chi connectivity index (χ1v) is 7.93. The molecule has 0 heterocycles. The van der Waals surface area contributed by atoms with Crippen LogP contribution >= 0.6 is 11.6 Å². The Hall–Kier alpha value is -1.56. The fourth-order valence-electron chi connectivity index (χ4n) is 1.71. The van der Waals surface area contributed by atoms with Crippen LogP contribution in [0.15, 0.2) is 53.4 Å². The molecule has 6 heteroatoms. The summed E-state index contributed by atoms with van der Waals surface area (Å²) in [6.45, 7) is 0.328. The van der Waals surface area contributed by atoms with Crippen LogP contribution in [0.2, 0.25) is 5.02 Å². The molecule has 0 atom stereocenters. The molecule has 4 nitrogen and oxygen atoms in total. The normalized spacial score (nSPS) is 11.4. The van der Waals surface area contributed by atoms with Gasteiger partial charge in [-0.2, -0.15) is 0 Å². The number of nitrogen functional groups attached to an aromatic ring is 1. The molecule has 0 saturated carbocycles. The molecule has 0 amide bonds. The molecule has 3 N–H and O–H groups in total. The van der Waals surface area contributed by atoms with Crippen LogP contribution in [0.25, 0.3) is 0 Å². The fraction of sp³-hybridized carbons (Fsp3) is 0.143. The zero-order valence-corrected chi connectivity index (χ0v) is 12.3. The Kier molecular flexibility index (Phi) is 4.65. The largest absolute Gasteiger partial charge is 0.399 e. The third-order valence-electron chi connectivity index (χ3n) is 2.81. The molecule has 0 unspecified atom stereocenters. The van der Waals surface area contributed by atoms with E-state index in [0.29, 0.717) is 23.7 Å². The predicted molar refractivity (Wildman–Crippen MR) is 81.2 cm³/mol. The minimum Gasteiger partial charge on any atom is -0.399 e. The maximum Gasteiger partial charge on any atom is 0.240 e. The Morgan fingerprint density at radius 3 is 2.20 bits per heavy atom. The van der Waals surface area contributed by atoms with Crippen LogP contribution in [0.1, 0.15) is 5.56 Å². The summed E-state index contributed by atoms with van der Waals surface area (Å²) in [6, 6.07) is 13.4. The minimum atomic E-state index is -3.49. The lowest BCUT2D eigenvalue weighted by Crippen LogP contribution is -2.25. The van der Waals surface area contributed by atoms with Crippen molar-refractivity contribution in [3.8, 4) is 0 Å². The second-order valence-electron chi connectivity index (χ2n) is 4.34. The van der Waals surface area contributed by atoms with Gasteiger partial charge in [-0.05, 0) is 48.4 Å². The number of halogens is 1. The molecule has 0 saturated heterocycles. The van der Waals surface area contributed by atoms with Crippen molar-refractivity contribution in [3.63, 3.8) is 0 Å². The standard InChI is InChI=1S/C14H15ClN2O2S/c15-12-3-7-14(8-4-12)20(18,19)17-10-9-11-1-5-13(16)6-2-11/h1-8,17H,9-10,16H2. The van der Waals surface area contributed by atoms with E-state index in [9.17, 15) is 8.42 Å². The van der Waals surface area contributed by atoms with Gasteiger partial charge in [-0.1, -0.05) is 23.7 Å². The Labute approximate surface area is 123 Å². The molecule has 0 aliphatic heterocycles. The maximum atomic E-state index is 12.0. The average molecular weight is 311 g/mol. The first kappa shape index (κ1) is 14.8. The first-order chi connectivity index (χ1) is 9.47. The van der Waals surface area contributed by atoms with Gasteiger partial charge in [-0.15, -0.1) is 0 Å². The van der Waals surface area contributed by atoms with E-state index >= 15 is 0 Å². The van der Waals surface area contributed by atoms with Crippen LogP contribution < -0.4 is 10.5 Å². The van der Waals surface area contributed by atoms with Crippen molar-refractivity contribution >= 4 is 27.3 Å². The fourth-order valence-corrected chi connectivity index (χ4v) is 2.87. The summed E-state index contributed by atoms with van der Waals surface area (Å²) in [5.74, 6) is 0. The molecule has 0 aromatic heterocycles. The summed E-state index contributed by atoms with van der Waals surface area (Å²) in [4.78, 5) is 0.208. The van der Waals surface area contributed by atoms with Gasteiger partial charge in [0.05, 0.1) is 4.90 Å².